The van der Waals surface area contributed by atoms with Crippen LogP contribution in [0.4, 0.5) is 0 Å². The SMILES string of the molecule is CC(=NN=C(c1ccccc1)c1ccccc1)c1ccc(S(=O)(=O)NCc2ccco2)cc1. The Balaban J connectivity index is 1.56. The van der Waals surface area contributed by atoms with E-state index in [1.165, 1.54) is 6.26 Å². The summed E-state index contributed by atoms with van der Waals surface area (Å²) in [6.07, 6.45) is 1.50. The van der Waals surface area contributed by atoms with Crippen molar-refractivity contribution in [3.8, 4) is 0 Å². The normalized spacial score (nSPS) is 11.8. The summed E-state index contributed by atoms with van der Waals surface area (Å²) in [6, 6.07) is 29.7. The van der Waals surface area contributed by atoms with Crippen LogP contribution in [0.5, 0.6) is 0 Å². The zero-order chi connectivity index (χ0) is 23.1. The molecule has 0 atom stereocenters. The first-order valence-electron chi connectivity index (χ1n) is 10.4. The molecule has 6 nitrogen and oxygen atoms in total. The Bertz CT molecular complexity index is 1300. The largest absolute Gasteiger partial charge is 0.468 e. The van der Waals surface area contributed by atoms with Gasteiger partial charge in [-0.1, -0.05) is 72.8 Å². The molecule has 0 aliphatic rings. The van der Waals surface area contributed by atoms with Gasteiger partial charge in [0.25, 0.3) is 0 Å². The number of sulfonamides is 1. The van der Waals surface area contributed by atoms with Gasteiger partial charge >= 0.3 is 0 Å². The first-order valence-corrected chi connectivity index (χ1v) is 11.9. The van der Waals surface area contributed by atoms with Gasteiger partial charge in [-0.25, -0.2) is 13.1 Å². The lowest BCUT2D eigenvalue weighted by Crippen LogP contribution is -2.23. The summed E-state index contributed by atoms with van der Waals surface area (Å²) in [5, 5.41) is 8.97. The van der Waals surface area contributed by atoms with E-state index in [2.05, 4.69) is 14.9 Å². The molecule has 4 rings (SSSR count). The third-order valence-electron chi connectivity index (χ3n) is 4.99. The van der Waals surface area contributed by atoms with E-state index >= 15 is 0 Å². The first-order chi connectivity index (χ1) is 16.0. The summed E-state index contributed by atoms with van der Waals surface area (Å²) >= 11 is 0. The van der Waals surface area contributed by atoms with Crippen LogP contribution in [0.2, 0.25) is 0 Å². The molecule has 3 aromatic carbocycles. The molecule has 0 fully saturated rings. The van der Waals surface area contributed by atoms with Gasteiger partial charge in [-0.3, -0.25) is 0 Å². The Hall–Kier alpha value is -3.81. The smallest absolute Gasteiger partial charge is 0.240 e. The van der Waals surface area contributed by atoms with Crippen LogP contribution in [0.25, 0.3) is 0 Å². The predicted octanol–water partition coefficient (Wildman–Crippen LogP) is 5.02. The van der Waals surface area contributed by atoms with E-state index in [4.69, 9.17) is 4.42 Å². The molecule has 1 heterocycles. The molecule has 33 heavy (non-hydrogen) atoms. The van der Waals surface area contributed by atoms with Gasteiger partial charge in [-0.05, 0) is 36.8 Å². The molecule has 0 saturated heterocycles. The van der Waals surface area contributed by atoms with E-state index < -0.39 is 10.0 Å². The highest BCUT2D eigenvalue weighted by molar-refractivity contribution is 7.89. The molecule has 7 heteroatoms. The van der Waals surface area contributed by atoms with Gasteiger partial charge < -0.3 is 4.42 Å². The summed E-state index contributed by atoms with van der Waals surface area (Å²) in [5.74, 6) is 0.545. The Morgan fingerprint density at radius 2 is 1.36 bits per heavy atom. The van der Waals surface area contributed by atoms with Gasteiger partial charge in [0.2, 0.25) is 10.0 Å². The van der Waals surface area contributed by atoms with E-state index in [0.29, 0.717) is 11.5 Å². The van der Waals surface area contributed by atoms with Crippen LogP contribution in [0, 0.1) is 0 Å². The molecule has 0 aliphatic heterocycles. The fourth-order valence-corrected chi connectivity index (χ4v) is 4.19. The first kappa shape index (κ1) is 22.4. The highest BCUT2D eigenvalue weighted by Crippen LogP contribution is 2.14. The maximum absolute atomic E-state index is 12.5. The van der Waals surface area contributed by atoms with Crippen molar-refractivity contribution in [2.24, 2.45) is 10.2 Å². The summed E-state index contributed by atoms with van der Waals surface area (Å²) in [4.78, 5) is 0.170. The monoisotopic (exact) mass is 457 g/mol. The number of nitrogens with one attached hydrogen (secondary N) is 1. The van der Waals surface area contributed by atoms with Crippen molar-refractivity contribution in [1.29, 1.82) is 0 Å². The molecule has 0 spiro atoms. The van der Waals surface area contributed by atoms with E-state index in [0.717, 1.165) is 22.4 Å². The van der Waals surface area contributed by atoms with E-state index in [1.54, 1.807) is 36.4 Å². The van der Waals surface area contributed by atoms with Crippen molar-refractivity contribution in [2.45, 2.75) is 18.4 Å². The Labute approximate surface area is 193 Å². The molecule has 0 saturated carbocycles. The van der Waals surface area contributed by atoms with Crippen molar-refractivity contribution < 1.29 is 12.8 Å². The molecule has 1 N–H and O–H groups in total. The lowest BCUT2D eigenvalue weighted by molar-refractivity contribution is 0.498. The Morgan fingerprint density at radius 1 is 0.758 bits per heavy atom. The number of hydrogen-bond donors (Lipinski definition) is 1. The Morgan fingerprint density at radius 3 is 1.91 bits per heavy atom. The summed E-state index contributed by atoms with van der Waals surface area (Å²) in [5.41, 5.74) is 4.14. The number of benzene rings is 3. The second kappa shape index (κ2) is 10.2. The molecule has 0 unspecified atom stereocenters. The molecular weight excluding hydrogens is 434 g/mol. The van der Waals surface area contributed by atoms with Gasteiger partial charge in [0.05, 0.1) is 23.4 Å². The van der Waals surface area contributed by atoms with Crippen molar-refractivity contribution in [3.05, 3.63) is 126 Å². The zero-order valence-electron chi connectivity index (χ0n) is 18.0. The van der Waals surface area contributed by atoms with Crippen LogP contribution in [-0.4, -0.2) is 19.8 Å². The lowest BCUT2D eigenvalue weighted by Gasteiger charge is -2.07. The highest BCUT2D eigenvalue weighted by Gasteiger charge is 2.14. The van der Waals surface area contributed by atoms with E-state index in [-0.39, 0.29) is 11.4 Å². The van der Waals surface area contributed by atoms with Gasteiger partial charge in [-0.15, -0.1) is 5.10 Å². The Kier molecular flexibility index (Phi) is 6.92. The summed E-state index contributed by atoms with van der Waals surface area (Å²) < 4.78 is 32.8. The molecule has 0 bridgehead atoms. The molecule has 0 aliphatic carbocycles. The number of hydrogen-bond acceptors (Lipinski definition) is 5. The van der Waals surface area contributed by atoms with Crippen molar-refractivity contribution in [2.75, 3.05) is 0 Å². The van der Waals surface area contributed by atoms with Crippen LogP contribution in [0.3, 0.4) is 0 Å². The van der Waals surface area contributed by atoms with Gasteiger partial charge in [0, 0.05) is 11.1 Å². The molecule has 0 amide bonds. The van der Waals surface area contributed by atoms with Crippen LogP contribution < -0.4 is 4.72 Å². The zero-order valence-corrected chi connectivity index (χ0v) is 18.9. The number of rotatable bonds is 8. The van der Waals surface area contributed by atoms with E-state index in [9.17, 15) is 8.42 Å². The second-order valence-corrected chi connectivity index (χ2v) is 9.06. The van der Waals surface area contributed by atoms with Gasteiger partial charge in [-0.2, -0.15) is 5.10 Å². The predicted molar refractivity (Wildman–Crippen MR) is 130 cm³/mol. The minimum atomic E-state index is -3.65. The molecule has 1 aromatic heterocycles. The molecule has 4 aromatic rings. The van der Waals surface area contributed by atoms with Crippen LogP contribution >= 0.6 is 0 Å². The van der Waals surface area contributed by atoms with Crippen LogP contribution in [0.1, 0.15) is 29.4 Å². The van der Waals surface area contributed by atoms with Crippen molar-refractivity contribution in [1.82, 2.24) is 4.72 Å². The second-order valence-electron chi connectivity index (χ2n) is 7.29. The average molecular weight is 458 g/mol. The third kappa shape index (κ3) is 5.71. The van der Waals surface area contributed by atoms with Crippen molar-refractivity contribution in [3.63, 3.8) is 0 Å². The van der Waals surface area contributed by atoms with E-state index in [1.807, 2.05) is 67.6 Å². The number of nitrogens with zero attached hydrogens (tertiary/aromatic N) is 2. The van der Waals surface area contributed by atoms with Crippen LogP contribution in [0.15, 0.2) is 123 Å². The molecule has 0 radical (unpaired) electrons. The fraction of sp³-hybridized carbons (Fsp3) is 0.0769. The quantitative estimate of drug-likeness (QED) is 0.298. The number of furan rings is 1. The minimum Gasteiger partial charge on any atom is -0.468 e. The van der Waals surface area contributed by atoms with Crippen LogP contribution in [-0.2, 0) is 16.6 Å². The minimum absolute atomic E-state index is 0.0913. The highest BCUT2D eigenvalue weighted by atomic mass is 32.2. The fourth-order valence-electron chi connectivity index (χ4n) is 3.19. The maximum Gasteiger partial charge on any atom is 0.240 e. The standard InChI is InChI=1S/C26H23N3O3S/c1-20(28-29-26(22-9-4-2-5-10-22)23-11-6-3-7-12-23)21-14-16-25(17-15-21)33(30,31)27-19-24-13-8-18-32-24/h2-18,27H,19H2,1H3. The van der Waals surface area contributed by atoms with Gasteiger partial charge in [0.15, 0.2) is 0 Å². The lowest BCUT2D eigenvalue weighted by atomic mass is 10.0. The molecular formula is C26H23N3O3S. The maximum atomic E-state index is 12.5. The molecule has 166 valence electrons. The average Bonchev–Trinajstić information content (AvgIpc) is 3.38. The third-order valence-corrected chi connectivity index (χ3v) is 6.41. The topological polar surface area (TPSA) is 84.0 Å². The van der Waals surface area contributed by atoms with Gasteiger partial charge in [0.1, 0.15) is 11.5 Å². The van der Waals surface area contributed by atoms with Crippen molar-refractivity contribution >= 4 is 21.4 Å². The summed E-state index contributed by atoms with van der Waals surface area (Å²) in [7, 11) is -3.65. The summed E-state index contributed by atoms with van der Waals surface area (Å²) in [6.45, 7) is 1.93.